The zero-order chi connectivity index (χ0) is 27.3. The van der Waals surface area contributed by atoms with Crippen molar-refractivity contribution >= 4 is 23.7 Å². The van der Waals surface area contributed by atoms with Gasteiger partial charge < -0.3 is 51.2 Å². The molecular weight excluding hydrogens is 480 g/mol. The average Bonchev–Trinajstić information content (AvgIpc) is 3.31. The third-order valence-corrected chi connectivity index (χ3v) is 6.47. The number of nitrogens with one attached hydrogen (secondary N) is 2. The third-order valence-electron chi connectivity index (χ3n) is 6.47. The standard InChI is InChI=1S/C22H38N4O10/c1-9(2)14(23)19(31)25-15(20(32)26-7-5-6-12(26)21(33)34)10(3)35-22-16(24-11(4)28)18(30)17(29)13(8-27)36-22/h9-10,12-18,22,27,29-30H,5-8,23H2,1-4H3,(H,24,28)(H,25,31)(H,33,34)/t10-,12+,13-,14+,15+,16-,17+,18-,22+/m1/s1. The summed E-state index contributed by atoms with van der Waals surface area (Å²) in [7, 11) is 0. The molecule has 0 aromatic carbocycles. The van der Waals surface area contributed by atoms with E-state index in [0.29, 0.717) is 6.42 Å². The van der Waals surface area contributed by atoms with Crippen molar-refractivity contribution < 1.29 is 49.1 Å². The molecule has 0 saturated carbocycles. The topological polar surface area (TPSA) is 221 Å². The minimum absolute atomic E-state index is 0.164. The smallest absolute Gasteiger partial charge is 0.326 e. The van der Waals surface area contributed by atoms with E-state index in [-0.39, 0.29) is 18.9 Å². The van der Waals surface area contributed by atoms with Crippen LogP contribution in [-0.2, 0) is 28.7 Å². The molecule has 0 aromatic rings. The van der Waals surface area contributed by atoms with Gasteiger partial charge in [-0.3, -0.25) is 14.4 Å². The maximum Gasteiger partial charge on any atom is 0.326 e. The number of carbonyl (C=O) groups excluding carboxylic acids is 3. The van der Waals surface area contributed by atoms with Crippen molar-refractivity contribution in [3.8, 4) is 0 Å². The number of rotatable bonds is 10. The third kappa shape index (κ3) is 6.89. The molecule has 2 aliphatic heterocycles. The molecule has 3 amide bonds. The fourth-order valence-corrected chi connectivity index (χ4v) is 4.27. The highest BCUT2D eigenvalue weighted by Gasteiger charge is 2.47. The van der Waals surface area contributed by atoms with E-state index in [4.69, 9.17) is 15.2 Å². The van der Waals surface area contributed by atoms with Crippen LogP contribution in [0.2, 0.25) is 0 Å². The Bertz CT molecular complexity index is 812. The van der Waals surface area contributed by atoms with E-state index < -0.39 is 85.2 Å². The van der Waals surface area contributed by atoms with E-state index in [1.54, 1.807) is 13.8 Å². The molecule has 2 fully saturated rings. The van der Waals surface area contributed by atoms with Crippen molar-refractivity contribution in [1.29, 1.82) is 0 Å². The quantitative estimate of drug-likeness (QED) is 0.153. The van der Waals surface area contributed by atoms with Gasteiger partial charge in [0.1, 0.15) is 36.4 Å². The first kappa shape index (κ1) is 29.9. The van der Waals surface area contributed by atoms with E-state index in [2.05, 4.69) is 10.6 Å². The van der Waals surface area contributed by atoms with Crippen LogP contribution in [0.3, 0.4) is 0 Å². The number of nitrogens with zero attached hydrogens (tertiary/aromatic N) is 1. The number of hydrogen-bond donors (Lipinski definition) is 7. The first-order chi connectivity index (χ1) is 16.8. The molecule has 0 spiro atoms. The lowest BCUT2D eigenvalue weighted by Crippen LogP contribution is -2.66. The first-order valence-corrected chi connectivity index (χ1v) is 11.9. The van der Waals surface area contributed by atoms with E-state index in [1.165, 1.54) is 13.8 Å². The van der Waals surface area contributed by atoms with Gasteiger partial charge in [0, 0.05) is 13.5 Å². The Balaban J connectivity index is 2.33. The number of carboxylic acids is 1. The number of amides is 3. The van der Waals surface area contributed by atoms with Gasteiger partial charge in [-0.2, -0.15) is 0 Å². The molecule has 8 N–H and O–H groups in total. The predicted octanol–water partition coefficient (Wildman–Crippen LogP) is -3.12. The number of carboxylic acid groups (broad SMARTS) is 1. The molecule has 14 nitrogen and oxygen atoms in total. The number of ether oxygens (including phenoxy) is 2. The number of likely N-dealkylation sites (tertiary alicyclic amines) is 1. The van der Waals surface area contributed by atoms with Crippen molar-refractivity contribution in [2.24, 2.45) is 11.7 Å². The normalized spacial score (nSPS) is 31.0. The van der Waals surface area contributed by atoms with Gasteiger partial charge in [0.25, 0.3) is 0 Å². The highest BCUT2D eigenvalue weighted by Crippen LogP contribution is 2.25. The second-order valence-electron chi connectivity index (χ2n) is 9.56. The summed E-state index contributed by atoms with van der Waals surface area (Å²) in [5.74, 6) is -3.37. The molecule has 206 valence electrons. The van der Waals surface area contributed by atoms with Gasteiger partial charge in [-0.15, -0.1) is 0 Å². The SMILES string of the molecule is CC(=O)N[C@H]1[C@@H](O[C@H](C)[C@H](NC(=O)[C@@H](N)C(C)C)C(=O)N2CCC[C@H]2C(=O)O)O[C@H](CO)[C@H](O)[C@@H]1O. The lowest BCUT2D eigenvalue weighted by Gasteiger charge is -2.43. The fraction of sp³-hybridized carbons (Fsp3) is 0.818. The Hall–Kier alpha value is -2.36. The van der Waals surface area contributed by atoms with E-state index in [1.807, 2.05) is 0 Å². The minimum Gasteiger partial charge on any atom is -0.480 e. The molecule has 0 bridgehead atoms. The first-order valence-electron chi connectivity index (χ1n) is 11.9. The molecule has 0 unspecified atom stereocenters. The van der Waals surface area contributed by atoms with Crippen molar-refractivity contribution in [2.45, 2.75) is 95.4 Å². The Morgan fingerprint density at radius 2 is 1.81 bits per heavy atom. The number of carbonyl (C=O) groups is 4. The zero-order valence-electron chi connectivity index (χ0n) is 20.9. The van der Waals surface area contributed by atoms with Crippen LogP contribution in [0.5, 0.6) is 0 Å². The Kier molecular flexibility index (Phi) is 10.6. The predicted molar refractivity (Wildman–Crippen MR) is 123 cm³/mol. The Morgan fingerprint density at radius 3 is 2.33 bits per heavy atom. The van der Waals surface area contributed by atoms with Gasteiger partial charge >= 0.3 is 5.97 Å². The molecule has 36 heavy (non-hydrogen) atoms. The summed E-state index contributed by atoms with van der Waals surface area (Å²) in [5.41, 5.74) is 5.94. The summed E-state index contributed by atoms with van der Waals surface area (Å²) in [6.45, 7) is 5.54. The number of aliphatic carboxylic acids is 1. The van der Waals surface area contributed by atoms with E-state index in [9.17, 15) is 39.6 Å². The molecule has 2 saturated heterocycles. The highest BCUT2D eigenvalue weighted by molar-refractivity contribution is 5.92. The summed E-state index contributed by atoms with van der Waals surface area (Å²) in [6.07, 6.45) is -6.26. The lowest BCUT2D eigenvalue weighted by atomic mass is 9.96. The van der Waals surface area contributed by atoms with E-state index >= 15 is 0 Å². The summed E-state index contributed by atoms with van der Waals surface area (Å²) in [6, 6.07) is -4.70. The molecule has 0 aromatic heterocycles. The van der Waals surface area contributed by atoms with Gasteiger partial charge in [-0.05, 0) is 25.7 Å². The Labute approximate surface area is 209 Å². The highest BCUT2D eigenvalue weighted by atomic mass is 16.7. The maximum atomic E-state index is 13.5. The monoisotopic (exact) mass is 518 g/mol. The Morgan fingerprint density at radius 1 is 1.17 bits per heavy atom. The van der Waals surface area contributed by atoms with Crippen molar-refractivity contribution in [3.05, 3.63) is 0 Å². The van der Waals surface area contributed by atoms with Gasteiger partial charge in [-0.25, -0.2) is 4.79 Å². The number of nitrogens with two attached hydrogens (primary N) is 1. The number of aliphatic hydroxyl groups excluding tert-OH is 3. The van der Waals surface area contributed by atoms with Gasteiger partial charge in [-0.1, -0.05) is 13.8 Å². The molecular formula is C22H38N4O10. The van der Waals surface area contributed by atoms with Crippen LogP contribution in [0.1, 0.15) is 40.5 Å². The van der Waals surface area contributed by atoms with Crippen LogP contribution in [-0.4, -0.2) is 117 Å². The number of hydrogen-bond acceptors (Lipinski definition) is 10. The minimum atomic E-state index is -1.58. The summed E-state index contributed by atoms with van der Waals surface area (Å²) in [4.78, 5) is 50.7. The zero-order valence-corrected chi connectivity index (χ0v) is 20.9. The van der Waals surface area contributed by atoms with Crippen LogP contribution in [0.25, 0.3) is 0 Å². The van der Waals surface area contributed by atoms with Gasteiger partial charge in [0.2, 0.25) is 17.7 Å². The van der Waals surface area contributed by atoms with Crippen LogP contribution >= 0.6 is 0 Å². The largest absolute Gasteiger partial charge is 0.480 e. The number of aliphatic hydroxyl groups is 3. The van der Waals surface area contributed by atoms with Crippen molar-refractivity contribution in [1.82, 2.24) is 15.5 Å². The average molecular weight is 519 g/mol. The fourth-order valence-electron chi connectivity index (χ4n) is 4.27. The van der Waals surface area contributed by atoms with Gasteiger partial charge in [0.15, 0.2) is 6.29 Å². The molecule has 0 radical (unpaired) electrons. The second kappa shape index (κ2) is 12.7. The van der Waals surface area contributed by atoms with Crippen LogP contribution in [0.4, 0.5) is 0 Å². The van der Waals surface area contributed by atoms with Crippen LogP contribution in [0, 0.1) is 5.92 Å². The second-order valence-corrected chi connectivity index (χ2v) is 9.56. The molecule has 2 heterocycles. The van der Waals surface area contributed by atoms with E-state index in [0.717, 1.165) is 4.90 Å². The summed E-state index contributed by atoms with van der Waals surface area (Å²) < 4.78 is 11.4. The molecule has 2 rings (SSSR count). The molecule has 0 aliphatic carbocycles. The van der Waals surface area contributed by atoms with Gasteiger partial charge in [0.05, 0.1) is 18.8 Å². The summed E-state index contributed by atoms with van der Waals surface area (Å²) >= 11 is 0. The molecule has 14 heteroatoms. The van der Waals surface area contributed by atoms with Crippen molar-refractivity contribution in [3.63, 3.8) is 0 Å². The molecule has 9 atom stereocenters. The molecule has 2 aliphatic rings. The lowest BCUT2D eigenvalue weighted by molar-refractivity contribution is -0.281. The maximum absolute atomic E-state index is 13.5. The summed E-state index contributed by atoms with van der Waals surface area (Å²) in [5, 5.41) is 44.7. The van der Waals surface area contributed by atoms with Crippen LogP contribution < -0.4 is 16.4 Å². The van der Waals surface area contributed by atoms with Crippen LogP contribution in [0.15, 0.2) is 0 Å². The van der Waals surface area contributed by atoms with Crippen molar-refractivity contribution in [2.75, 3.05) is 13.2 Å².